The average Bonchev–Trinajstić information content (AvgIpc) is 3.36. The van der Waals surface area contributed by atoms with Crippen molar-refractivity contribution in [2.24, 2.45) is 11.0 Å². The summed E-state index contributed by atoms with van der Waals surface area (Å²) in [7, 11) is 3.25. The first kappa shape index (κ1) is 26.8. The van der Waals surface area contributed by atoms with Crippen LogP contribution in [-0.2, 0) is 9.53 Å². The van der Waals surface area contributed by atoms with E-state index in [0.29, 0.717) is 11.4 Å². The SMILES string of the molecule is COc1ccc(C=C2CCCC3C2=NN(C(=O)COC(=O)c2cc(N)cc(N)c2)C3c2ccc(OC)cc2)cc1. The third-order valence-corrected chi connectivity index (χ3v) is 7.21. The maximum absolute atomic E-state index is 13.5. The van der Waals surface area contributed by atoms with Gasteiger partial charge < -0.3 is 25.7 Å². The number of anilines is 2. The molecule has 40 heavy (non-hydrogen) atoms. The Morgan fingerprint density at radius 1 is 0.950 bits per heavy atom. The van der Waals surface area contributed by atoms with Crippen molar-refractivity contribution in [3.63, 3.8) is 0 Å². The Kier molecular flexibility index (Phi) is 7.72. The Hall–Kier alpha value is -4.79. The van der Waals surface area contributed by atoms with Crippen molar-refractivity contribution >= 4 is 35.0 Å². The minimum Gasteiger partial charge on any atom is -0.497 e. The minimum absolute atomic E-state index is 0.0000137. The van der Waals surface area contributed by atoms with Gasteiger partial charge in [0.2, 0.25) is 0 Å². The second kappa shape index (κ2) is 11.5. The number of allylic oxidation sites excluding steroid dienone is 1. The van der Waals surface area contributed by atoms with Gasteiger partial charge in [0, 0.05) is 17.3 Å². The molecular weight excluding hydrogens is 508 g/mol. The number of carbonyl (C=O) groups is 2. The standard InChI is InChI=1S/C31H32N4O5/c1-38-25-10-6-19(7-11-25)14-21-4-3-5-27-29(21)34-35(30(27)20-8-12-26(39-2)13-9-20)28(36)18-40-31(37)22-15-23(32)17-24(33)16-22/h6-17,27,30H,3-5,18,32-33H2,1-2H3. The van der Waals surface area contributed by atoms with Gasteiger partial charge >= 0.3 is 5.97 Å². The molecule has 1 amide bonds. The molecule has 1 aliphatic carbocycles. The van der Waals surface area contributed by atoms with E-state index in [1.165, 1.54) is 17.1 Å². The van der Waals surface area contributed by atoms with E-state index in [4.69, 9.17) is 30.8 Å². The van der Waals surface area contributed by atoms with Crippen LogP contribution in [0.4, 0.5) is 11.4 Å². The van der Waals surface area contributed by atoms with Crippen molar-refractivity contribution in [3.8, 4) is 11.5 Å². The van der Waals surface area contributed by atoms with Gasteiger partial charge in [-0.2, -0.15) is 5.10 Å². The highest BCUT2D eigenvalue weighted by Gasteiger charge is 2.43. The second-order valence-electron chi connectivity index (χ2n) is 9.85. The second-order valence-corrected chi connectivity index (χ2v) is 9.85. The summed E-state index contributed by atoms with van der Waals surface area (Å²) >= 11 is 0. The van der Waals surface area contributed by atoms with Crippen molar-refractivity contribution in [2.75, 3.05) is 32.3 Å². The van der Waals surface area contributed by atoms with Gasteiger partial charge in [-0.3, -0.25) is 4.79 Å². The fourth-order valence-electron chi connectivity index (χ4n) is 5.31. The minimum atomic E-state index is -0.683. The number of esters is 1. The number of hydrazone groups is 1. The van der Waals surface area contributed by atoms with E-state index in [9.17, 15) is 9.59 Å². The zero-order valence-corrected chi connectivity index (χ0v) is 22.5. The highest BCUT2D eigenvalue weighted by molar-refractivity contribution is 6.08. The van der Waals surface area contributed by atoms with E-state index in [2.05, 4.69) is 6.08 Å². The molecule has 3 aromatic carbocycles. The van der Waals surface area contributed by atoms with Crippen LogP contribution in [0.25, 0.3) is 6.08 Å². The number of fused-ring (bicyclic) bond motifs is 1. The molecule has 1 fully saturated rings. The summed E-state index contributed by atoms with van der Waals surface area (Å²) in [5, 5.41) is 6.31. The van der Waals surface area contributed by atoms with Crippen molar-refractivity contribution in [1.29, 1.82) is 0 Å². The molecule has 0 saturated heterocycles. The number of methoxy groups -OCH3 is 2. The first-order chi connectivity index (χ1) is 19.4. The molecule has 0 spiro atoms. The topological polar surface area (TPSA) is 129 Å². The number of nitrogens with two attached hydrogens (primary N) is 2. The number of amides is 1. The fraction of sp³-hybridized carbons (Fsp3) is 0.258. The molecule has 0 aromatic heterocycles. The molecule has 0 bridgehead atoms. The van der Waals surface area contributed by atoms with Crippen molar-refractivity contribution in [2.45, 2.75) is 25.3 Å². The lowest BCUT2D eigenvalue weighted by atomic mass is 9.77. The lowest BCUT2D eigenvalue weighted by Crippen LogP contribution is -2.34. The van der Waals surface area contributed by atoms with Gasteiger partial charge in [-0.25, -0.2) is 9.80 Å². The smallest absolute Gasteiger partial charge is 0.338 e. The summed E-state index contributed by atoms with van der Waals surface area (Å²) < 4.78 is 16.0. The van der Waals surface area contributed by atoms with Gasteiger partial charge in [-0.15, -0.1) is 0 Å². The number of nitrogens with zero attached hydrogens (tertiary/aromatic N) is 2. The first-order valence-corrected chi connectivity index (χ1v) is 13.1. The van der Waals surface area contributed by atoms with E-state index >= 15 is 0 Å². The molecule has 4 N–H and O–H groups in total. The van der Waals surface area contributed by atoms with Crippen LogP contribution in [-0.4, -0.2) is 43.4 Å². The van der Waals surface area contributed by atoms with Crippen molar-refractivity contribution < 1.29 is 23.8 Å². The number of rotatable bonds is 7. The molecular formula is C31H32N4O5. The maximum atomic E-state index is 13.5. The summed E-state index contributed by atoms with van der Waals surface area (Å²) in [6.07, 6.45) is 4.81. The molecule has 9 heteroatoms. The first-order valence-electron chi connectivity index (χ1n) is 13.1. The molecule has 2 atom stereocenters. The van der Waals surface area contributed by atoms with Crippen LogP contribution in [0.15, 0.2) is 77.4 Å². The molecule has 5 rings (SSSR count). The summed E-state index contributed by atoms with van der Waals surface area (Å²) in [6.45, 7) is -0.471. The number of ether oxygens (including phenoxy) is 3. The molecule has 1 heterocycles. The third kappa shape index (κ3) is 5.63. The molecule has 0 radical (unpaired) electrons. The number of hydrogen-bond acceptors (Lipinski definition) is 8. The van der Waals surface area contributed by atoms with E-state index in [0.717, 1.165) is 53.2 Å². The van der Waals surface area contributed by atoms with E-state index < -0.39 is 18.5 Å². The highest BCUT2D eigenvalue weighted by Crippen LogP contribution is 2.44. The number of nitrogen functional groups attached to an aromatic ring is 2. The van der Waals surface area contributed by atoms with Gasteiger partial charge in [-0.05, 0) is 84.5 Å². The monoisotopic (exact) mass is 540 g/mol. The zero-order valence-electron chi connectivity index (χ0n) is 22.5. The normalized spacial score (nSPS) is 19.1. The number of benzene rings is 3. The Morgan fingerprint density at radius 2 is 1.57 bits per heavy atom. The van der Waals surface area contributed by atoms with Crippen LogP contribution in [0.1, 0.15) is 46.8 Å². The largest absolute Gasteiger partial charge is 0.497 e. The fourth-order valence-corrected chi connectivity index (χ4v) is 5.31. The lowest BCUT2D eigenvalue weighted by Gasteiger charge is -2.29. The van der Waals surface area contributed by atoms with Crippen LogP contribution < -0.4 is 20.9 Å². The van der Waals surface area contributed by atoms with E-state index in [-0.39, 0.29) is 17.5 Å². The molecule has 2 unspecified atom stereocenters. The third-order valence-electron chi connectivity index (χ3n) is 7.21. The Morgan fingerprint density at radius 3 is 2.20 bits per heavy atom. The van der Waals surface area contributed by atoms with Crippen molar-refractivity contribution in [1.82, 2.24) is 5.01 Å². The van der Waals surface area contributed by atoms with Gasteiger partial charge in [0.05, 0.1) is 31.5 Å². The summed E-state index contributed by atoms with van der Waals surface area (Å²) in [4.78, 5) is 26.2. The molecule has 1 saturated carbocycles. The molecule has 206 valence electrons. The van der Waals surface area contributed by atoms with Gasteiger partial charge in [-0.1, -0.05) is 24.3 Å². The Labute approximate surface area is 233 Å². The highest BCUT2D eigenvalue weighted by atomic mass is 16.5. The number of hydrogen-bond donors (Lipinski definition) is 2. The molecule has 3 aromatic rings. The zero-order chi connectivity index (χ0) is 28.2. The molecule has 9 nitrogen and oxygen atoms in total. The Bertz CT molecular complexity index is 1440. The summed E-state index contributed by atoms with van der Waals surface area (Å²) in [5.74, 6) is 0.405. The van der Waals surface area contributed by atoms with Crippen LogP contribution in [0.5, 0.6) is 11.5 Å². The summed E-state index contributed by atoms with van der Waals surface area (Å²) in [5.41, 5.74) is 16.4. The van der Waals surface area contributed by atoms with Crippen molar-refractivity contribution in [3.05, 3.63) is 89.0 Å². The van der Waals surface area contributed by atoms with Crippen LogP contribution in [0.2, 0.25) is 0 Å². The molecule has 2 aliphatic rings. The average molecular weight is 541 g/mol. The van der Waals surface area contributed by atoms with E-state index in [1.807, 2.05) is 48.5 Å². The van der Waals surface area contributed by atoms with E-state index in [1.54, 1.807) is 20.3 Å². The van der Waals surface area contributed by atoms with Gasteiger partial charge in [0.25, 0.3) is 5.91 Å². The van der Waals surface area contributed by atoms with Crippen LogP contribution in [0.3, 0.4) is 0 Å². The maximum Gasteiger partial charge on any atom is 0.338 e. The molecule has 1 aliphatic heterocycles. The summed E-state index contributed by atoms with van der Waals surface area (Å²) in [6, 6.07) is 19.6. The quantitative estimate of drug-likeness (QED) is 0.324. The predicted molar refractivity (Wildman–Crippen MR) is 154 cm³/mol. The van der Waals surface area contributed by atoms with Crippen LogP contribution >= 0.6 is 0 Å². The Balaban J connectivity index is 1.43. The lowest BCUT2D eigenvalue weighted by molar-refractivity contribution is -0.137. The van der Waals surface area contributed by atoms with Gasteiger partial charge in [0.1, 0.15) is 11.5 Å². The van der Waals surface area contributed by atoms with Crippen LogP contribution in [0, 0.1) is 5.92 Å². The number of carbonyl (C=O) groups excluding carboxylic acids is 2. The van der Waals surface area contributed by atoms with Gasteiger partial charge in [0.15, 0.2) is 6.61 Å². The predicted octanol–water partition coefficient (Wildman–Crippen LogP) is 4.85.